The fourth-order valence-electron chi connectivity index (χ4n) is 5.45. The molecule has 7 rings (SSSR count). The molecule has 1 aliphatic carbocycles. The molecule has 0 aliphatic heterocycles. The molecule has 1 nitrogen and oxygen atoms in total. The van der Waals surface area contributed by atoms with Crippen molar-refractivity contribution in [2.45, 2.75) is 0 Å². The van der Waals surface area contributed by atoms with Crippen LogP contribution in [0.2, 0.25) is 0 Å². The van der Waals surface area contributed by atoms with Gasteiger partial charge in [-0.1, -0.05) is 91.0 Å². The topological polar surface area (TPSA) is 12.9 Å². The highest BCUT2D eigenvalue weighted by atomic mass is 14.6. The molecule has 1 heterocycles. The zero-order chi connectivity index (χ0) is 21.1. The standard InChI is InChI=1S/C31H19N/c1-2-9-23-21(8-1)22-10-3-4-11-24(22)30-27-13-6-5-12-26(27)29(20-16-18-32-19-17-20)28-15-7-14-25(23)31(28)30/h1-19H. The van der Waals surface area contributed by atoms with Crippen LogP contribution in [0.15, 0.2) is 116 Å². The van der Waals surface area contributed by atoms with Gasteiger partial charge in [-0.05, 0) is 78.2 Å². The number of pyridine rings is 1. The quantitative estimate of drug-likeness (QED) is 0.250. The van der Waals surface area contributed by atoms with Crippen molar-refractivity contribution >= 4 is 21.5 Å². The molecule has 1 aromatic heterocycles. The average molecular weight is 406 g/mol. The number of benzene rings is 5. The Bertz CT molecular complexity index is 1660. The van der Waals surface area contributed by atoms with Crippen molar-refractivity contribution in [1.29, 1.82) is 0 Å². The minimum Gasteiger partial charge on any atom is -0.265 e. The molecule has 0 amide bonds. The number of hydrogen-bond donors (Lipinski definition) is 0. The van der Waals surface area contributed by atoms with Gasteiger partial charge in [0.25, 0.3) is 0 Å². The SMILES string of the molecule is c1ccc2c(c1)-c1ccccc1-c1c3ccccc3c(-c3ccncc3)c3cccc-2c13. The summed E-state index contributed by atoms with van der Waals surface area (Å²) in [5.41, 5.74) is 10.3. The lowest BCUT2D eigenvalue weighted by Crippen LogP contribution is -1.92. The third-order valence-electron chi connectivity index (χ3n) is 6.72. The van der Waals surface area contributed by atoms with Gasteiger partial charge in [-0.15, -0.1) is 0 Å². The lowest BCUT2D eigenvalue weighted by Gasteiger charge is -2.19. The molecule has 1 aliphatic rings. The minimum absolute atomic E-state index is 1.20. The molecule has 0 saturated heterocycles. The molecule has 32 heavy (non-hydrogen) atoms. The summed E-state index contributed by atoms with van der Waals surface area (Å²) < 4.78 is 0. The molecule has 0 fully saturated rings. The third kappa shape index (κ3) is 2.31. The third-order valence-corrected chi connectivity index (χ3v) is 6.72. The lowest BCUT2D eigenvalue weighted by molar-refractivity contribution is 1.33. The number of hydrogen-bond acceptors (Lipinski definition) is 1. The molecule has 0 unspecified atom stereocenters. The summed E-state index contributed by atoms with van der Waals surface area (Å²) in [7, 11) is 0. The Morgan fingerprint density at radius 1 is 0.375 bits per heavy atom. The molecular weight excluding hydrogens is 386 g/mol. The summed E-state index contributed by atoms with van der Waals surface area (Å²) >= 11 is 0. The van der Waals surface area contributed by atoms with Gasteiger partial charge in [0, 0.05) is 12.4 Å². The molecule has 1 heteroatoms. The van der Waals surface area contributed by atoms with Crippen LogP contribution in [-0.4, -0.2) is 4.98 Å². The van der Waals surface area contributed by atoms with E-state index < -0.39 is 0 Å². The van der Waals surface area contributed by atoms with Crippen LogP contribution >= 0.6 is 0 Å². The fourth-order valence-corrected chi connectivity index (χ4v) is 5.45. The van der Waals surface area contributed by atoms with E-state index in [4.69, 9.17) is 0 Å². The van der Waals surface area contributed by atoms with Gasteiger partial charge in [0.05, 0.1) is 0 Å². The van der Waals surface area contributed by atoms with E-state index in [0.717, 1.165) is 0 Å². The van der Waals surface area contributed by atoms with Crippen molar-refractivity contribution in [2.75, 3.05) is 0 Å². The highest BCUT2D eigenvalue weighted by Crippen LogP contribution is 2.52. The molecule has 5 aromatic carbocycles. The molecule has 148 valence electrons. The first-order chi connectivity index (χ1) is 15.9. The summed E-state index contributed by atoms with van der Waals surface area (Å²) in [5.74, 6) is 0. The highest BCUT2D eigenvalue weighted by Gasteiger charge is 2.24. The van der Waals surface area contributed by atoms with Crippen molar-refractivity contribution in [2.24, 2.45) is 0 Å². The Morgan fingerprint density at radius 3 is 1.59 bits per heavy atom. The smallest absolute Gasteiger partial charge is 0.0273 e. The van der Waals surface area contributed by atoms with Crippen LogP contribution in [0.3, 0.4) is 0 Å². The number of fused-ring (bicyclic) bond motifs is 7. The molecule has 0 bridgehead atoms. The average Bonchev–Trinajstić information content (AvgIpc) is 2.99. The zero-order valence-electron chi connectivity index (χ0n) is 17.4. The van der Waals surface area contributed by atoms with Crippen LogP contribution in [0.25, 0.3) is 66.1 Å². The summed E-state index contributed by atoms with van der Waals surface area (Å²) in [4.78, 5) is 4.27. The first-order valence-corrected chi connectivity index (χ1v) is 11.0. The summed E-state index contributed by atoms with van der Waals surface area (Å²) in [6.45, 7) is 0. The van der Waals surface area contributed by atoms with E-state index in [0.29, 0.717) is 0 Å². The molecular formula is C31H19N. The maximum Gasteiger partial charge on any atom is 0.0273 e. The van der Waals surface area contributed by atoms with Crippen LogP contribution < -0.4 is 0 Å². The monoisotopic (exact) mass is 405 g/mol. The first kappa shape index (κ1) is 17.5. The van der Waals surface area contributed by atoms with E-state index in [1.807, 2.05) is 12.4 Å². The van der Waals surface area contributed by atoms with E-state index in [9.17, 15) is 0 Å². The number of rotatable bonds is 1. The van der Waals surface area contributed by atoms with Crippen molar-refractivity contribution in [3.05, 3.63) is 116 Å². The first-order valence-electron chi connectivity index (χ1n) is 11.0. The second-order valence-electron chi connectivity index (χ2n) is 8.35. The number of nitrogens with zero attached hydrogens (tertiary/aromatic N) is 1. The van der Waals surface area contributed by atoms with E-state index in [-0.39, 0.29) is 0 Å². The van der Waals surface area contributed by atoms with Gasteiger partial charge in [0.15, 0.2) is 0 Å². The molecule has 0 spiro atoms. The Labute approximate surface area is 186 Å². The van der Waals surface area contributed by atoms with E-state index in [1.54, 1.807) is 0 Å². The van der Waals surface area contributed by atoms with Crippen molar-refractivity contribution in [3.8, 4) is 44.5 Å². The van der Waals surface area contributed by atoms with Crippen LogP contribution in [0.1, 0.15) is 0 Å². The van der Waals surface area contributed by atoms with Crippen molar-refractivity contribution < 1.29 is 0 Å². The second-order valence-corrected chi connectivity index (χ2v) is 8.35. The molecule has 6 aromatic rings. The van der Waals surface area contributed by atoms with Gasteiger partial charge in [-0.3, -0.25) is 4.98 Å². The lowest BCUT2D eigenvalue weighted by atomic mass is 9.84. The Balaban J connectivity index is 1.81. The van der Waals surface area contributed by atoms with Crippen molar-refractivity contribution in [1.82, 2.24) is 4.98 Å². The van der Waals surface area contributed by atoms with Crippen LogP contribution in [-0.2, 0) is 0 Å². The maximum absolute atomic E-state index is 4.27. The Hall–Kier alpha value is -4.23. The fraction of sp³-hybridized carbons (Fsp3) is 0. The summed E-state index contributed by atoms with van der Waals surface area (Å²) in [6.07, 6.45) is 3.77. The predicted octanol–water partition coefficient (Wildman–Crippen LogP) is 8.37. The maximum atomic E-state index is 4.27. The predicted molar refractivity (Wildman–Crippen MR) is 135 cm³/mol. The Kier molecular flexibility index (Phi) is 3.62. The summed E-state index contributed by atoms with van der Waals surface area (Å²) in [5, 5.41) is 5.18. The van der Waals surface area contributed by atoms with Crippen LogP contribution in [0.4, 0.5) is 0 Å². The molecule has 0 atom stereocenters. The normalized spacial score (nSPS) is 11.8. The molecule has 0 saturated carbocycles. The largest absolute Gasteiger partial charge is 0.265 e. The minimum atomic E-state index is 1.20. The van der Waals surface area contributed by atoms with Gasteiger partial charge in [-0.25, -0.2) is 0 Å². The molecule has 0 N–H and O–H groups in total. The van der Waals surface area contributed by atoms with Crippen molar-refractivity contribution in [3.63, 3.8) is 0 Å². The van der Waals surface area contributed by atoms with Gasteiger partial charge in [0.2, 0.25) is 0 Å². The Morgan fingerprint density at radius 2 is 0.875 bits per heavy atom. The van der Waals surface area contributed by atoms with Crippen LogP contribution in [0, 0.1) is 0 Å². The van der Waals surface area contributed by atoms with E-state index in [1.165, 1.54) is 66.1 Å². The van der Waals surface area contributed by atoms with Gasteiger partial charge >= 0.3 is 0 Å². The van der Waals surface area contributed by atoms with Gasteiger partial charge in [0.1, 0.15) is 0 Å². The highest BCUT2D eigenvalue weighted by molar-refractivity contribution is 6.27. The van der Waals surface area contributed by atoms with Gasteiger partial charge in [-0.2, -0.15) is 0 Å². The van der Waals surface area contributed by atoms with Gasteiger partial charge < -0.3 is 0 Å². The number of aromatic nitrogens is 1. The van der Waals surface area contributed by atoms with Crippen LogP contribution in [0.5, 0.6) is 0 Å². The summed E-state index contributed by atoms with van der Waals surface area (Å²) in [6, 6.07) is 37.5. The van der Waals surface area contributed by atoms with E-state index >= 15 is 0 Å². The second kappa shape index (κ2) is 6.63. The zero-order valence-corrected chi connectivity index (χ0v) is 17.4. The molecule has 0 radical (unpaired) electrons. The van der Waals surface area contributed by atoms with E-state index in [2.05, 4.69) is 108 Å².